The van der Waals surface area contributed by atoms with E-state index in [0.29, 0.717) is 139 Å². The number of rotatable bonds is 21. The van der Waals surface area contributed by atoms with Crippen molar-refractivity contribution in [3.05, 3.63) is 275 Å². The molecule has 0 atom stereocenters. The summed E-state index contributed by atoms with van der Waals surface area (Å²) in [4.78, 5) is 47.4. The van der Waals surface area contributed by atoms with E-state index < -0.39 is 11.7 Å². The number of benzene rings is 4. The average molecular weight is 1700 g/mol. The molecule has 610 valence electrons. The molecular weight excluding hydrogens is 1640 g/mol. The number of thiazole rings is 1. The van der Waals surface area contributed by atoms with Crippen LogP contribution in [-0.2, 0) is 26.2 Å². The minimum absolute atomic E-state index is 0.0405. The summed E-state index contributed by atoms with van der Waals surface area (Å²) in [5, 5.41) is 64.3. The lowest BCUT2D eigenvalue weighted by molar-refractivity contribution is 0.100. The van der Waals surface area contributed by atoms with Crippen LogP contribution in [0.15, 0.2) is 219 Å². The Balaban J connectivity index is 0.000000116. The van der Waals surface area contributed by atoms with Crippen molar-refractivity contribution in [2.24, 2.45) is 5.73 Å². The smallest absolute Gasteiger partial charge is 0.250 e. The van der Waals surface area contributed by atoms with Crippen LogP contribution >= 0.6 is 34.5 Å². The monoisotopic (exact) mass is 1700 g/mol. The van der Waals surface area contributed by atoms with Gasteiger partial charge in [0.05, 0.1) is 148 Å². The van der Waals surface area contributed by atoms with Crippen molar-refractivity contribution >= 4 is 124 Å². The first-order valence-corrected chi connectivity index (χ1v) is 38.9. The summed E-state index contributed by atoms with van der Waals surface area (Å²) < 4.78 is 60.7. The Morgan fingerprint density at radius 2 is 0.854 bits per heavy atom. The molecule has 0 saturated heterocycles. The molecule has 0 aliphatic carbocycles. The number of carbonyl (C=O) groups is 1. The van der Waals surface area contributed by atoms with Gasteiger partial charge >= 0.3 is 0 Å². The minimum Gasteiger partial charge on any atom is -0.497 e. The van der Waals surface area contributed by atoms with Crippen molar-refractivity contribution in [1.82, 2.24) is 119 Å². The van der Waals surface area contributed by atoms with Crippen molar-refractivity contribution in [2.75, 3.05) is 44.4 Å². The number of methoxy groups -OCH3 is 4. The molecule has 0 unspecified atom stereocenters. The lowest BCUT2D eigenvalue weighted by atomic mass is 10.1. The van der Waals surface area contributed by atoms with Crippen LogP contribution in [-0.4, -0.2) is 153 Å². The van der Waals surface area contributed by atoms with Gasteiger partial charge in [-0.3, -0.25) is 24.7 Å². The highest BCUT2D eigenvalue weighted by atomic mass is 35.5. The molecule has 0 radical (unpaired) electrons. The second-order valence-electron chi connectivity index (χ2n) is 26.7. The predicted molar refractivity (Wildman–Crippen MR) is 457 cm³/mol. The van der Waals surface area contributed by atoms with Gasteiger partial charge in [-0.15, -0.1) is 52.1 Å². The van der Waals surface area contributed by atoms with Crippen LogP contribution in [0.5, 0.6) is 28.7 Å². The molecule has 123 heavy (non-hydrogen) atoms. The van der Waals surface area contributed by atoms with Gasteiger partial charge in [0, 0.05) is 77.3 Å². The Labute approximate surface area is 707 Å². The fraction of sp³-hybridized carbons (Fsp3) is 0.107. The van der Waals surface area contributed by atoms with Gasteiger partial charge in [0.2, 0.25) is 5.91 Å². The zero-order valence-electron chi connectivity index (χ0n) is 65.3. The summed E-state index contributed by atoms with van der Waals surface area (Å²) in [6.07, 6.45) is 13.6. The highest BCUT2D eigenvalue weighted by molar-refractivity contribution is 7.15. The number of fused-ring (bicyclic) bond motifs is 8. The first-order valence-electron chi connectivity index (χ1n) is 37.3. The summed E-state index contributed by atoms with van der Waals surface area (Å²) >= 11 is 13.7. The molecule has 0 aliphatic rings. The van der Waals surface area contributed by atoms with E-state index in [1.54, 1.807) is 156 Å². The van der Waals surface area contributed by atoms with Gasteiger partial charge < -0.3 is 45.4 Å². The molecule has 0 bridgehead atoms. The number of primary amides is 1. The molecule has 20 aromatic rings. The standard InChI is InChI=1S/C22H17ClN8O2.C21H15ClFN7O.C21H16FN7O.C20H16N6O2S/c1-33-13-9-18-21(27-10-13)17(6-7-25-18)26-11-20-29-28-19-5-4-16(30-31(19)20)12-2-3-14(22(24)32)15(23)8-12;1-31-13-9-18-21(26-10-13)17(6-7-24-18)25-11-20-28-27-19-5-4-16(29-30(19)20)12-2-3-15(23)14(22)8-12;1-30-15-10-18-21(25-11-15)17(7-8-23-18)24-12-20-27-26-19-6-5-16(28-29(19)20)13-3-2-4-14(22)9-13;1-12-22-10-18(29-12)15-5-6-19-23-24-20(26(19)25-15)11-28-17-7-8-21-16-9-13(27-2)3-4-14(16)17/h2-10H,11H2,1H3,(H2,24,32)(H,25,26);2-10H,11H2,1H3,(H,24,25);2-11H,12H2,1H3,(H,23,24);3-10H,11H2,1-2H3. The summed E-state index contributed by atoms with van der Waals surface area (Å²) in [7, 11) is 6.39. The zero-order valence-corrected chi connectivity index (χ0v) is 67.6. The van der Waals surface area contributed by atoms with Crippen LogP contribution in [0.2, 0.25) is 10.0 Å². The predicted octanol–water partition coefficient (Wildman–Crippen LogP) is 14.4. The zero-order chi connectivity index (χ0) is 84.6. The molecule has 16 heterocycles. The van der Waals surface area contributed by atoms with Crippen LogP contribution in [0.1, 0.15) is 38.7 Å². The van der Waals surface area contributed by atoms with E-state index in [2.05, 4.69) is 117 Å². The Morgan fingerprint density at radius 3 is 1.31 bits per heavy atom. The quantitative estimate of drug-likeness (QED) is 0.0519. The number of aryl methyl sites for hydroxylation is 1. The lowest BCUT2D eigenvalue weighted by Crippen LogP contribution is -2.11. The molecule has 1 amide bonds. The third kappa shape index (κ3) is 17.4. The van der Waals surface area contributed by atoms with Gasteiger partial charge in [0.15, 0.2) is 45.9 Å². The number of anilines is 3. The minimum atomic E-state index is -0.585. The molecule has 16 aromatic heterocycles. The fourth-order valence-corrected chi connectivity index (χ4v) is 14.0. The topological polar surface area (TPSA) is 401 Å². The van der Waals surface area contributed by atoms with E-state index in [1.165, 1.54) is 24.3 Å². The number of nitrogens with zero attached hydrogens (tertiary/aromatic N) is 24. The Kier molecular flexibility index (Phi) is 22.9. The second kappa shape index (κ2) is 35.3. The number of hydrogen-bond donors (Lipinski definition) is 4. The maximum Gasteiger partial charge on any atom is 0.250 e. The van der Waals surface area contributed by atoms with E-state index in [-0.39, 0.29) is 28.0 Å². The van der Waals surface area contributed by atoms with Crippen molar-refractivity contribution in [1.29, 1.82) is 0 Å². The van der Waals surface area contributed by atoms with Crippen molar-refractivity contribution in [2.45, 2.75) is 33.2 Å². The highest BCUT2D eigenvalue weighted by Crippen LogP contribution is 2.33. The third-order valence-corrected chi connectivity index (χ3v) is 20.5. The van der Waals surface area contributed by atoms with Crippen LogP contribution in [0, 0.1) is 18.6 Å². The molecule has 20 rings (SSSR count). The Morgan fingerprint density at radius 1 is 0.423 bits per heavy atom. The summed E-state index contributed by atoms with van der Waals surface area (Å²) in [6, 6.07) is 48.9. The number of nitrogens with one attached hydrogen (secondary N) is 3. The van der Waals surface area contributed by atoms with E-state index >= 15 is 0 Å². The molecule has 0 saturated carbocycles. The molecule has 4 aromatic carbocycles. The fourth-order valence-electron chi connectivity index (χ4n) is 12.8. The van der Waals surface area contributed by atoms with Crippen LogP contribution in [0.3, 0.4) is 0 Å². The molecular formula is C84H64Cl2F2N28O6S. The van der Waals surface area contributed by atoms with Crippen molar-refractivity contribution < 1.29 is 37.3 Å². The number of carbonyl (C=O) groups excluding carboxylic acids is 1. The number of amides is 1. The van der Waals surface area contributed by atoms with E-state index in [0.717, 1.165) is 65.9 Å². The highest BCUT2D eigenvalue weighted by Gasteiger charge is 2.20. The van der Waals surface area contributed by atoms with Crippen molar-refractivity contribution in [3.8, 4) is 73.1 Å². The second-order valence-corrected chi connectivity index (χ2v) is 28.8. The normalized spacial score (nSPS) is 11.2. The first kappa shape index (κ1) is 79.6. The number of hydrogen-bond acceptors (Lipinski definition) is 30. The molecule has 0 fully saturated rings. The number of halogens is 4. The largest absolute Gasteiger partial charge is 0.497 e. The van der Waals surface area contributed by atoms with E-state index in [4.69, 9.17) is 52.6 Å². The number of ether oxygens (including phenoxy) is 5. The maximum atomic E-state index is 13.6. The molecule has 5 N–H and O–H groups in total. The molecule has 0 spiro atoms. The van der Waals surface area contributed by atoms with Gasteiger partial charge in [-0.05, 0) is 134 Å². The average Bonchev–Trinajstić information content (AvgIpc) is 1.67. The summed E-state index contributed by atoms with van der Waals surface area (Å²) in [5.74, 6) is 4.43. The Bertz CT molecular complexity index is 7370. The first-order chi connectivity index (χ1) is 60.1. The SMILES string of the molecule is COc1ccc2c(OCc3nnc4ccc(-c5cnc(C)s5)nn34)ccnc2c1.COc1cnc2c(NCc3nnc4ccc(-c5ccc(C(N)=O)c(Cl)c5)nn34)ccnc2c1.COc1cnc2c(NCc3nnc4ccc(-c5ccc(F)c(Cl)c5)nn34)ccnc2c1.COc1cnc2c(NCc3nnc4ccc(-c5cccc(F)c5)nn34)ccnc2c1. The maximum absolute atomic E-state index is 13.6. The third-order valence-electron chi connectivity index (χ3n) is 19.0. The number of nitrogens with two attached hydrogens (primary N) is 1. The van der Waals surface area contributed by atoms with Crippen LogP contribution < -0.4 is 45.4 Å². The number of aromatic nitrogens is 24. The van der Waals surface area contributed by atoms with Gasteiger partial charge in [0.25, 0.3) is 0 Å². The Hall–Kier alpha value is -15.9. The van der Waals surface area contributed by atoms with Gasteiger partial charge in [-0.25, -0.2) is 28.7 Å². The summed E-state index contributed by atoms with van der Waals surface area (Å²) in [6.45, 7) is 3.28. The molecule has 0 aliphatic heterocycles. The van der Waals surface area contributed by atoms with Gasteiger partial charge in [0.1, 0.15) is 69.2 Å². The van der Waals surface area contributed by atoms with E-state index in [9.17, 15) is 13.6 Å². The van der Waals surface area contributed by atoms with Gasteiger partial charge in [-0.1, -0.05) is 41.4 Å². The van der Waals surface area contributed by atoms with Crippen LogP contribution in [0.4, 0.5) is 25.8 Å². The molecule has 34 nitrogen and oxygen atoms in total. The molecule has 39 heteroatoms. The lowest BCUT2D eigenvalue weighted by Gasteiger charge is -2.09. The van der Waals surface area contributed by atoms with E-state index in [1.807, 2.05) is 104 Å². The van der Waals surface area contributed by atoms with Crippen LogP contribution in [0.25, 0.3) is 111 Å². The number of pyridine rings is 7. The van der Waals surface area contributed by atoms with Gasteiger partial charge in [-0.2, -0.15) is 38.5 Å². The summed E-state index contributed by atoms with van der Waals surface area (Å²) in [5.41, 5.74) is 20.4. The van der Waals surface area contributed by atoms with Crippen molar-refractivity contribution in [3.63, 3.8) is 0 Å².